The molecule has 0 unspecified atom stereocenters. The molecular formula is C18H17FN2O2. The lowest BCUT2D eigenvalue weighted by atomic mass is 10.2. The van der Waals surface area contributed by atoms with E-state index in [1.54, 1.807) is 10.7 Å². The van der Waals surface area contributed by atoms with E-state index in [2.05, 4.69) is 5.10 Å². The zero-order chi connectivity index (χ0) is 16.2. The minimum absolute atomic E-state index is 0.153. The third-order valence-electron chi connectivity index (χ3n) is 3.46. The largest absolute Gasteiger partial charge is 0.484 e. The maximum absolute atomic E-state index is 13.9. The number of aromatic nitrogens is 2. The first-order valence-electron chi connectivity index (χ1n) is 7.30. The van der Waals surface area contributed by atoms with Gasteiger partial charge in [0.15, 0.2) is 11.6 Å². The molecule has 4 nitrogen and oxygen atoms in total. The van der Waals surface area contributed by atoms with Gasteiger partial charge >= 0.3 is 0 Å². The molecule has 3 rings (SSSR count). The van der Waals surface area contributed by atoms with Crippen LogP contribution in [0, 0.1) is 12.7 Å². The molecule has 2 aromatic carbocycles. The van der Waals surface area contributed by atoms with E-state index in [1.165, 1.54) is 12.1 Å². The Hall–Kier alpha value is -2.66. The zero-order valence-corrected chi connectivity index (χ0v) is 12.7. The van der Waals surface area contributed by atoms with Gasteiger partial charge in [-0.15, -0.1) is 0 Å². The maximum atomic E-state index is 13.9. The summed E-state index contributed by atoms with van der Waals surface area (Å²) >= 11 is 0. The van der Waals surface area contributed by atoms with Crippen molar-refractivity contribution in [3.05, 3.63) is 77.4 Å². The van der Waals surface area contributed by atoms with Gasteiger partial charge in [0.2, 0.25) is 0 Å². The summed E-state index contributed by atoms with van der Waals surface area (Å²) in [5, 5.41) is 13.5. The van der Waals surface area contributed by atoms with Crippen LogP contribution in [0.3, 0.4) is 0 Å². The van der Waals surface area contributed by atoms with Crippen LogP contribution in [0.2, 0.25) is 0 Å². The highest BCUT2D eigenvalue weighted by molar-refractivity contribution is 5.34. The number of aliphatic hydroxyl groups is 1. The van der Waals surface area contributed by atoms with Gasteiger partial charge in [0.05, 0.1) is 23.7 Å². The van der Waals surface area contributed by atoms with Crippen molar-refractivity contribution in [2.24, 2.45) is 0 Å². The average molecular weight is 312 g/mol. The third-order valence-corrected chi connectivity index (χ3v) is 3.46. The van der Waals surface area contributed by atoms with Crippen LogP contribution in [0.25, 0.3) is 5.69 Å². The lowest BCUT2D eigenvalue weighted by molar-refractivity contribution is 0.274. The Morgan fingerprint density at radius 3 is 2.61 bits per heavy atom. The molecule has 0 aliphatic heterocycles. The second kappa shape index (κ2) is 6.62. The van der Waals surface area contributed by atoms with Crippen LogP contribution < -0.4 is 4.74 Å². The third kappa shape index (κ3) is 3.40. The molecule has 1 aromatic heterocycles. The van der Waals surface area contributed by atoms with E-state index in [1.807, 2.05) is 43.3 Å². The van der Waals surface area contributed by atoms with E-state index < -0.39 is 5.82 Å². The minimum Gasteiger partial charge on any atom is -0.484 e. The van der Waals surface area contributed by atoms with E-state index in [4.69, 9.17) is 9.84 Å². The summed E-state index contributed by atoms with van der Waals surface area (Å²) in [4.78, 5) is 0. The van der Waals surface area contributed by atoms with Gasteiger partial charge in [0.1, 0.15) is 6.61 Å². The first-order chi connectivity index (χ1) is 11.2. The second-order valence-electron chi connectivity index (χ2n) is 5.24. The fourth-order valence-corrected chi connectivity index (χ4v) is 2.36. The number of hydrogen-bond donors (Lipinski definition) is 1. The van der Waals surface area contributed by atoms with Crippen molar-refractivity contribution in [1.82, 2.24) is 9.78 Å². The molecule has 0 aliphatic carbocycles. The number of aryl methyl sites for hydroxylation is 1. The summed E-state index contributed by atoms with van der Waals surface area (Å²) in [6.45, 7) is 1.90. The van der Waals surface area contributed by atoms with Gasteiger partial charge in [-0.1, -0.05) is 24.3 Å². The van der Waals surface area contributed by atoms with Crippen molar-refractivity contribution < 1.29 is 14.2 Å². The normalized spacial score (nSPS) is 10.7. The van der Waals surface area contributed by atoms with E-state index in [0.717, 1.165) is 17.1 Å². The van der Waals surface area contributed by atoms with Crippen molar-refractivity contribution >= 4 is 0 Å². The molecule has 23 heavy (non-hydrogen) atoms. The highest BCUT2D eigenvalue weighted by Crippen LogP contribution is 2.21. The number of hydrogen-bond acceptors (Lipinski definition) is 3. The molecule has 1 N–H and O–H groups in total. The Labute approximate surface area is 133 Å². The Bertz CT molecular complexity index is 800. The number of rotatable bonds is 5. The van der Waals surface area contributed by atoms with Gasteiger partial charge < -0.3 is 9.84 Å². The molecule has 0 radical (unpaired) electrons. The molecule has 0 fully saturated rings. The smallest absolute Gasteiger partial charge is 0.165 e. The second-order valence-corrected chi connectivity index (χ2v) is 5.24. The molecule has 0 saturated heterocycles. The molecule has 0 amide bonds. The first-order valence-corrected chi connectivity index (χ1v) is 7.30. The monoisotopic (exact) mass is 312 g/mol. The van der Waals surface area contributed by atoms with Gasteiger partial charge in [-0.2, -0.15) is 5.10 Å². The van der Waals surface area contributed by atoms with E-state index >= 15 is 0 Å². The minimum atomic E-state index is -0.487. The van der Waals surface area contributed by atoms with Crippen LogP contribution >= 0.6 is 0 Å². The highest BCUT2D eigenvalue weighted by atomic mass is 19.1. The fraction of sp³-hybridized carbons (Fsp3) is 0.167. The SMILES string of the molecule is Cc1cc(COc2ccc(CO)cc2F)n(-c2ccccc2)n1. The average Bonchev–Trinajstić information content (AvgIpc) is 2.95. The topological polar surface area (TPSA) is 47.3 Å². The molecule has 3 aromatic rings. The van der Waals surface area contributed by atoms with Gasteiger partial charge in [-0.05, 0) is 42.8 Å². The Morgan fingerprint density at radius 1 is 1.13 bits per heavy atom. The zero-order valence-electron chi connectivity index (χ0n) is 12.7. The number of halogens is 1. The Kier molecular flexibility index (Phi) is 4.39. The summed E-state index contributed by atoms with van der Waals surface area (Å²) in [5.74, 6) is -0.334. The van der Waals surface area contributed by atoms with Crippen LogP contribution in [0.4, 0.5) is 4.39 Å². The van der Waals surface area contributed by atoms with Crippen LogP contribution in [0.5, 0.6) is 5.75 Å². The predicted molar refractivity (Wildman–Crippen MR) is 85.0 cm³/mol. The number of aliphatic hydroxyl groups excluding tert-OH is 1. The molecule has 0 atom stereocenters. The first kappa shape index (κ1) is 15.2. The molecule has 1 heterocycles. The van der Waals surface area contributed by atoms with E-state index in [-0.39, 0.29) is 19.0 Å². The Balaban J connectivity index is 1.82. The lowest BCUT2D eigenvalue weighted by Crippen LogP contribution is -2.06. The van der Waals surface area contributed by atoms with Crippen molar-refractivity contribution in [3.63, 3.8) is 0 Å². The molecule has 0 saturated carbocycles. The maximum Gasteiger partial charge on any atom is 0.165 e. The fourth-order valence-electron chi connectivity index (χ4n) is 2.36. The summed E-state index contributed by atoms with van der Waals surface area (Å²) in [7, 11) is 0. The van der Waals surface area contributed by atoms with Gasteiger partial charge in [0.25, 0.3) is 0 Å². The van der Waals surface area contributed by atoms with Gasteiger partial charge in [-0.3, -0.25) is 0 Å². The molecule has 0 bridgehead atoms. The van der Waals surface area contributed by atoms with Crippen LogP contribution in [0.1, 0.15) is 17.0 Å². The summed E-state index contributed by atoms with van der Waals surface area (Å²) < 4.78 is 21.3. The van der Waals surface area contributed by atoms with E-state index in [9.17, 15) is 4.39 Å². The predicted octanol–water partition coefficient (Wildman–Crippen LogP) is 3.39. The van der Waals surface area contributed by atoms with Crippen molar-refractivity contribution in [2.75, 3.05) is 0 Å². The van der Waals surface area contributed by atoms with Crippen LogP contribution in [-0.2, 0) is 13.2 Å². The molecule has 0 aliphatic rings. The quantitative estimate of drug-likeness (QED) is 0.785. The highest BCUT2D eigenvalue weighted by Gasteiger charge is 2.10. The number of ether oxygens (including phenoxy) is 1. The van der Waals surface area contributed by atoms with Crippen LogP contribution in [-0.4, -0.2) is 14.9 Å². The van der Waals surface area contributed by atoms with Crippen LogP contribution in [0.15, 0.2) is 54.6 Å². The molecule has 5 heteroatoms. The van der Waals surface area contributed by atoms with E-state index in [0.29, 0.717) is 5.56 Å². The molecule has 0 spiro atoms. The van der Waals surface area contributed by atoms with Crippen molar-refractivity contribution in [3.8, 4) is 11.4 Å². The standard InChI is InChI=1S/C18H17FN2O2/c1-13-9-16(21(20-13)15-5-3-2-4-6-15)12-23-18-8-7-14(11-22)10-17(18)19/h2-10,22H,11-12H2,1H3. The number of para-hydroxylation sites is 1. The summed E-state index contributed by atoms with van der Waals surface area (Å²) in [6, 6.07) is 16.1. The lowest BCUT2D eigenvalue weighted by Gasteiger charge is -2.10. The van der Waals surface area contributed by atoms with Gasteiger partial charge in [0, 0.05) is 0 Å². The molecular weight excluding hydrogens is 295 g/mol. The van der Waals surface area contributed by atoms with Gasteiger partial charge in [-0.25, -0.2) is 9.07 Å². The summed E-state index contributed by atoms with van der Waals surface area (Å²) in [6.07, 6.45) is 0. The Morgan fingerprint density at radius 2 is 1.91 bits per heavy atom. The van der Waals surface area contributed by atoms with Crippen molar-refractivity contribution in [2.45, 2.75) is 20.1 Å². The molecule has 118 valence electrons. The summed E-state index contributed by atoms with van der Waals surface area (Å²) in [5.41, 5.74) is 3.14. The van der Waals surface area contributed by atoms with Crippen molar-refractivity contribution in [1.29, 1.82) is 0 Å². The number of nitrogens with zero attached hydrogens (tertiary/aromatic N) is 2. The number of benzene rings is 2.